The number of terminal acetylenes is 1. The van der Waals surface area contributed by atoms with Gasteiger partial charge in [-0.3, -0.25) is 0 Å². The molecule has 0 spiro atoms. The molecule has 0 rings (SSSR count). The average Bonchev–Trinajstić information content (AvgIpc) is 2.10. The van der Waals surface area contributed by atoms with Crippen molar-refractivity contribution >= 4 is 0 Å². The molecule has 1 unspecified atom stereocenters. The first-order chi connectivity index (χ1) is 6.22. The first-order valence-corrected chi connectivity index (χ1v) is 4.97. The molecule has 0 aliphatic heterocycles. The Hall–Kier alpha value is -0.520. The Labute approximate surface area is 82.1 Å². The highest BCUT2D eigenvalue weighted by Crippen LogP contribution is 2.01. The van der Waals surface area contributed by atoms with Gasteiger partial charge in [0.05, 0.1) is 6.61 Å². The van der Waals surface area contributed by atoms with E-state index < -0.39 is 0 Å². The summed E-state index contributed by atoms with van der Waals surface area (Å²) in [4.78, 5) is 0. The van der Waals surface area contributed by atoms with Crippen molar-refractivity contribution in [2.45, 2.75) is 33.2 Å². The molecule has 0 fully saturated rings. The molecule has 2 nitrogen and oxygen atoms in total. The zero-order valence-electron chi connectivity index (χ0n) is 8.97. The van der Waals surface area contributed by atoms with Crippen molar-refractivity contribution in [2.75, 3.05) is 19.8 Å². The van der Waals surface area contributed by atoms with Crippen LogP contribution in [0.4, 0.5) is 0 Å². The van der Waals surface area contributed by atoms with Crippen molar-refractivity contribution < 1.29 is 4.74 Å². The number of hydrogen-bond acceptors (Lipinski definition) is 2. The van der Waals surface area contributed by atoms with Crippen LogP contribution in [0.5, 0.6) is 0 Å². The van der Waals surface area contributed by atoms with Gasteiger partial charge in [-0.1, -0.05) is 13.8 Å². The highest BCUT2D eigenvalue weighted by Gasteiger charge is 2.11. The van der Waals surface area contributed by atoms with Crippen molar-refractivity contribution in [1.82, 2.24) is 5.32 Å². The number of rotatable bonds is 7. The molecule has 0 aliphatic rings. The van der Waals surface area contributed by atoms with Gasteiger partial charge in [-0.25, -0.2) is 0 Å². The fourth-order valence-corrected chi connectivity index (χ4v) is 1.06. The lowest BCUT2D eigenvalue weighted by Crippen LogP contribution is -2.38. The second-order valence-corrected chi connectivity index (χ2v) is 3.42. The molecule has 0 saturated carbocycles. The minimum atomic E-state index is 0.424. The summed E-state index contributed by atoms with van der Waals surface area (Å²) in [5.74, 6) is 3.20. The van der Waals surface area contributed by atoms with Crippen LogP contribution >= 0.6 is 0 Å². The molecule has 1 N–H and O–H groups in total. The van der Waals surface area contributed by atoms with Gasteiger partial charge in [0, 0.05) is 25.6 Å². The van der Waals surface area contributed by atoms with Crippen LogP contribution in [0.2, 0.25) is 0 Å². The summed E-state index contributed by atoms with van der Waals surface area (Å²) in [5, 5.41) is 3.39. The molecule has 0 heterocycles. The third-order valence-corrected chi connectivity index (χ3v) is 1.98. The van der Waals surface area contributed by atoms with Crippen molar-refractivity contribution in [3.63, 3.8) is 0 Å². The van der Waals surface area contributed by atoms with Gasteiger partial charge in [0.15, 0.2) is 0 Å². The molecule has 0 radical (unpaired) electrons. The second-order valence-electron chi connectivity index (χ2n) is 3.42. The Morgan fingerprint density at radius 1 is 1.46 bits per heavy atom. The van der Waals surface area contributed by atoms with Gasteiger partial charge in [-0.2, -0.15) is 0 Å². The maximum atomic E-state index is 5.37. The van der Waals surface area contributed by atoms with Crippen LogP contribution in [0.1, 0.15) is 27.2 Å². The minimum absolute atomic E-state index is 0.424. The lowest BCUT2D eigenvalue weighted by atomic mass is 10.1. The monoisotopic (exact) mass is 183 g/mol. The van der Waals surface area contributed by atoms with E-state index >= 15 is 0 Å². The molecule has 0 bridgehead atoms. The van der Waals surface area contributed by atoms with Crippen LogP contribution in [-0.4, -0.2) is 25.8 Å². The summed E-state index contributed by atoms with van der Waals surface area (Å²) in [6.45, 7) is 8.82. The molecular formula is C11H21NO. The first kappa shape index (κ1) is 12.5. The minimum Gasteiger partial charge on any atom is -0.380 e. The van der Waals surface area contributed by atoms with Gasteiger partial charge >= 0.3 is 0 Å². The Morgan fingerprint density at radius 3 is 2.62 bits per heavy atom. The Bertz CT molecular complexity index is 149. The van der Waals surface area contributed by atoms with Gasteiger partial charge in [0.25, 0.3) is 0 Å². The average molecular weight is 183 g/mol. The fraction of sp³-hybridized carbons (Fsp3) is 0.818. The Balaban J connectivity index is 3.62. The van der Waals surface area contributed by atoms with E-state index in [4.69, 9.17) is 11.2 Å². The molecule has 13 heavy (non-hydrogen) atoms. The summed E-state index contributed by atoms with van der Waals surface area (Å²) in [6, 6.07) is 0.424. The van der Waals surface area contributed by atoms with Gasteiger partial charge in [-0.15, -0.1) is 12.3 Å². The third kappa shape index (κ3) is 6.62. The summed E-state index contributed by atoms with van der Waals surface area (Å²) in [5.41, 5.74) is 0. The predicted octanol–water partition coefficient (Wildman–Crippen LogP) is 1.66. The maximum Gasteiger partial charge on any atom is 0.0621 e. The molecule has 0 aliphatic carbocycles. The summed E-state index contributed by atoms with van der Waals surface area (Å²) in [7, 11) is 0. The predicted molar refractivity (Wildman–Crippen MR) is 56.6 cm³/mol. The summed E-state index contributed by atoms with van der Waals surface area (Å²) < 4.78 is 5.37. The molecule has 2 heteroatoms. The summed E-state index contributed by atoms with van der Waals surface area (Å²) in [6.07, 6.45) is 5.96. The lowest BCUT2D eigenvalue weighted by molar-refractivity contribution is 0.109. The van der Waals surface area contributed by atoms with E-state index in [0.717, 1.165) is 26.2 Å². The largest absolute Gasteiger partial charge is 0.380 e. The smallest absolute Gasteiger partial charge is 0.0621 e. The van der Waals surface area contributed by atoms with Crippen LogP contribution in [0, 0.1) is 18.3 Å². The van der Waals surface area contributed by atoms with E-state index in [-0.39, 0.29) is 0 Å². The molecule has 0 aromatic carbocycles. The highest BCUT2D eigenvalue weighted by molar-refractivity contribution is 4.85. The lowest BCUT2D eigenvalue weighted by Gasteiger charge is -2.21. The van der Waals surface area contributed by atoms with E-state index in [0.29, 0.717) is 12.0 Å². The van der Waals surface area contributed by atoms with E-state index in [2.05, 4.69) is 25.1 Å². The Morgan fingerprint density at radius 2 is 2.15 bits per heavy atom. The van der Waals surface area contributed by atoms with Crippen molar-refractivity contribution in [3.05, 3.63) is 0 Å². The molecular weight excluding hydrogens is 162 g/mol. The molecule has 0 saturated heterocycles. The molecule has 0 amide bonds. The number of hydrogen-bond donors (Lipinski definition) is 1. The van der Waals surface area contributed by atoms with Crippen LogP contribution < -0.4 is 5.32 Å². The van der Waals surface area contributed by atoms with E-state index in [1.165, 1.54) is 0 Å². The molecule has 76 valence electrons. The van der Waals surface area contributed by atoms with Crippen molar-refractivity contribution in [1.29, 1.82) is 0 Å². The van der Waals surface area contributed by atoms with Gasteiger partial charge in [0.2, 0.25) is 0 Å². The van der Waals surface area contributed by atoms with Gasteiger partial charge < -0.3 is 10.1 Å². The van der Waals surface area contributed by atoms with E-state index in [1.54, 1.807) is 0 Å². The second kappa shape index (κ2) is 8.10. The highest BCUT2D eigenvalue weighted by atomic mass is 16.5. The van der Waals surface area contributed by atoms with Crippen LogP contribution in [0.3, 0.4) is 0 Å². The zero-order chi connectivity index (χ0) is 10.1. The topological polar surface area (TPSA) is 21.3 Å². The van der Waals surface area contributed by atoms with E-state index in [1.807, 2.05) is 6.92 Å². The van der Waals surface area contributed by atoms with Crippen LogP contribution in [0.25, 0.3) is 0 Å². The molecule has 1 atom stereocenters. The quantitative estimate of drug-likeness (QED) is 0.479. The van der Waals surface area contributed by atoms with Crippen molar-refractivity contribution in [3.8, 4) is 12.3 Å². The maximum absolute atomic E-state index is 5.37. The first-order valence-electron chi connectivity index (χ1n) is 4.97. The van der Waals surface area contributed by atoms with Gasteiger partial charge in [-0.05, 0) is 12.8 Å². The number of ether oxygens (including phenoxy) is 1. The van der Waals surface area contributed by atoms with Gasteiger partial charge in [0.1, 0.15) is 0 Å². The normalized spacial score (nSPS) is 12.8. The van der Waals surface area contributed by atoms with Crippen LogP contribution in [0.15, 0.2) is 0 Å². The number of nitrogens with one attached hydrogen (secondary N) is 1. The molecule has 0 aromatic heterocycles. The van der Waals surface area contributed by atoms with E-state index in [9.17, 15) is 0 Å². The van der Waals surface area contributed by atoms with Crippen LogP contribution in [-0.2, 0) is 4.74 Å². The molecule has 0 aromatic rings. The zero-order valence-corrected chi connectivity index (χ0v) is 8.97. The fourth-order valence-electron chi connectivity index (χ4n) is 1.06. The summed E-state index contributed by atoms with van der Waals surface area (Å²) >= 11 is 0. The standard InChI is InChI=1S/C11H21NO/c1-5-7-8-12-11(10(3)4)9-13-6-2/h1,10-12H,6-9H2,2-4H3. The Kier molecular flexibility index (Phi) is 7.77. The SMILES string of the molecule is C#CCCNC(COCC)C(C)C. The van der Waals surface area contributed by atoms with Crippen molar-refractivity contribution in [2.24, 2.45) is 5.92 Å². The third-order valence-electron chi connectivity index (χ3n) is 1.98.